The van der Waals surface area contributed by atoms with Crippen LogP contribution in [0.3, 0.4) is 0 Å². The minimum absolute atomic E-state index is 0.216. The van der Waals surface area contributed by atoms with Crippen LogP contribution in [0.2, 0.25) is 5.02 Å². The zero-order valence-corrected chi connectivity index (χ0v) is 14.4. The Balaban J connectivity index is 2.26. The number of nitrogens with one attached hydrogen (secondary N) is 1. The number of carbonyl (C=O) groups is 1. The Kier molecular flexibility index (Phi) is 3.32. The van der Waals surface area contributed by atoms with Crippen LogP contribution >= 0.6 is 27.5 Å². The van der Waals surface area contributed by atoms with Crippen LogP contribution in [-0.4, -0.2) is 29.3 Å². The lowest BCUT2D eigenvalue weighted by Gasteiger charge is -2.49. The Morgan fingerprint density at radius 3 is 2.76 bits per heavy atom. The molecule has 2 heterocycles. The van der Waals surface area contributed by atoms with Gasteiger partial charge in [-0.3, -0.25) is 4.79 Å². The summed E-state index contributed by atoms with van der Waals surface area (Å²) in [6.07, 6.45) is -0.216. The number of carboxylic acids is 1. The average Bonchev–Trinajstić information content (AvgIpc) is 2.72. The van der Waals surface area contributed by atoms with E-state index >= 15 is 0 Å². The van der Waals surface area contributed by atoms with E-state index in [1.165, 1.54) is 0 Å². The van der Waals surface area contributed by atoms with Gasteiger partial charge in [0.2, 0.25) is 0 Å². The zero-order valence-electron chi connectivity index (χ0n) is 12.0. The molecule has 4 nitrogen and oxygen atoms in total. The number of fused-ring (bicyclic) bond motifs is 3. The molecule has 2 aliphatic heterocycles. The van der Waals surface area contributed by atoms with Gasteiger partial charge in [-0.2, -0.15) is 0 Å². The largest absolute Gasteiger partial charge is 0.481 e. The number of rotatable bonds is 1. The van der Waals surface area contributed by atoms with Crippen molar-refractivity contribution in [3.8, 4) is 0 Å². The van der Waals surface area contributed by atoms with Crippen LogP contribution in [0.25, 0.3) is 0 Å². The van der Waals surface area contributed by atoms with E-state index in [-0.39, 0.29) is 18.2 Å². The second-order valence-electron chi connectivity index (χ2n) is 6.55. The summed E-state index contributed by atoms with van der Waals surface area (Å²) in [7, 11) is 0. The number of hydrogen-bond acceptors (Lipinski definition) is 3. The fraction of sp³-hybridized carbons (Fsp3) is 0.533. The van der Waals surface area contributed by atoms with E-state index in [1.807, 2.05) is 32.9 Å². The molecule has 6 heteroatoms. The van der Waals surface area contributed by atoms with Crippen LogP contribution in [0.1, 0.15) is 26.3 Å². The third-order valence-electron chi connectivity index (χ3n) is 4.75. The van der Waals surface area contributed by atoms with Crippen LogP contribution in [0, 0.1) is 5.92 Å². The third kappa shape index (κ3) is 2.01. The van der Waals surface area contributed by atoms with Crippen molar-refractivity contribution in [1.82, 2.24) is 0 Å². The van der Waals surface area contributed by atoms with E-state index in [4.69, 9.17) is 16.3 Å². The second kappa shape index (κ2) is 4.61. The van der Waals surface area contributed by atoms with E-state index in [0.29, 0.717) is 5.02 Å². The Morgan fingerprint density at radius 2 is 2.14 bits per heavy atom. The van der Waals surface area contributed by atoms with E-state index in [2.05, 4.69) is 21.2 Å². The lowest BCUT2D eigenvalue weighted by atomic mass is 9.62. The zero-order chi connectivity index (χ0) is 15.6. The van der Waals surface area contributed by atoms with Gasteiger partial charge in [0.1, 0.15) is 0 Å². The summed E-state index contributed by atoms with van der Waals surface area (Å²) in [5, 5.41) is 13.6. The van der Waals surface area contributed by atoms with Crippen LogP contribution in [0.4, 0.5) is 5.69 Å². The number of ether oxygens (including phenoxy) is 1. The summed E-state index contributed by atoms with van der Waals surface area (Å²) in [4.78, 5) is 11.7. The van der Waals surface area contributed by atoms with Gasteiger partial charge in [0.15, 0.2) is 0 Å². The molecular weight excluding hydrogens is 358 g/mol. The van der Waals surface area contributed by atoms with E-state index < -0.39 is 17.3 Å². The Hall–Kier alpha value is -0.780. The number of anilines is 1. The van der Waals surface area contributed by atoms with Crippen LogP contribution in [0.15, 0.2) is 16.6 Å². The summed E-state index contributed by atoms with van der Waals surface area (Å²) >= 11 is 9.62. The number of carboxylic acid groups (broad SMARTS) is 1. The van der Waals surface area contributed by atoms with Crippen LogP contribution in [0.5, 0.6) is 0 Å². The first-order valence-corrected chi connectivity index (χ1v) is 7.97. The lowest BCUT2D eigenvalue weighted by molar-refractivity contribution is -0.143. The van der Waals surface area contributed by atoms with Gasteiger partial charge in [-0.15, -0.1) is 0 Å². The third-order valence-corrected chi connectivity index (χ3v) is 5.95. The van der Waals surface area contributed by atoms with Gasteiger partial charge < -0.3 is 15.2 Å². The van der Waals surface area contributed by atoms with Gasteiger partial charge in [-0.1, -0.05) is 18.5 Å². The molecule has 0 radical (unpaired) electrons. The molecule has 0 bridgehead atoms. The van der Waals surface area contributed by atoms with Gasteiger partial charge in [-0.05, 0) is 47.5 Å². The fourth-order valence-electron chi connectivity index (χ4n) is 3.84. The monoisotopic (exact) mass is 373 g/mol. The van der Waals surface area contributed by atoms with Crippen LogP contribution < -0.4 is 5.32 Å². The quantitative estimate of drug-likeness (QED) is 0.787. The first kappa shape index (κ1) is 15.1. The van der Waals surface area contributed by atoms with E-state index in [9.17, 15) is 9.90 Å². The minimum atomic E-state index is -0.824. The number of halogens is 2. The molecule has 1 saturated heterocycles. The van der Waals surface area contributed by atoms with Crippen molar-refractivity contribution in [3.05, 3.63) is 27.2 Å². The number of benzene rings is 1. The second-order valence-corrected chi connectivity index (χ2v) is 7.81. The van der Waals surface area contributed by atoms with Crippen molar-refractivity contribution in [2.45, 2.75) is 37.8 Å². The highest BCUT2D eigenvalue weighted by molar-refractivity contribution is 9.10. The Morgan fingerprint density at radius 1 is 1.48 bits per heavy atom. The van der Waals surface area contributed by atoms with Gasteiger partial charge >= 0.3 is 5.97 Å². The molecule has 0 saturated carbocycles. The topological polar surface area (TPSA) is 58.6 Å². The van der Waals surface area contributed by atoms with Crippen molar-refractivity contribution in [2.75, 3.05) is 11.9 Å². The average molecular weight is 375 g/mol. The molecule has 0 aliphatic carbocycles. The predicted molar refractivity (Wildman–Crippen MR) is 85.1 cm³/mol. The lowest BCUT2D eigenvalue weighted by Crippen LogP contribution is -2.58. The highest BCUT2D eigenvalue weighted by Gasteiger charge is 2.60. The summed E-state index contributed by atoms with van der Waals surface area (Å²) in [6.45, 7) is 6.25. The maximum Gasteiger partial charge on any atom is 0.309 e. The normalized spacial score (nSPS) is 33.0. The van der Waals surface area contributed by atoms with Crippen LogP contribution in [-0.2, 0) is 14.9 Å². The Labute approximate surface area is 136 Å². The first-order valence-electron chi connectivity index (χ1n) is 6.80. The molecular formula is C15H17BrClNO3. The smallest absolute Gasteiger partial charge is 0.309 e. The van der Waals surface area contributed by atoms with Crippen molar-refractivity contribution in [3.63, 3.8) is 0 Å². The molecule has 0 aromatic heterocycles. The Bertz CT molecular complexity index is 634. The maximum atomic E-state index is 11.7. The van der Waals surface area contributed by atoms with Gasteiger partial charge in [0.25, 0.3) is 0 Å². The highest BCUT2D eigenvalue weighted by Crippen LogP contribution is 2.54. The predicted octanol–water partition coefficient (Wildman–Crippen LogP) is 3.66. The summed E-state index contributed by atoms with van der Waals surface area (Å²) in [6, 6.07) is 3.76. The van der Waals surface area contributed by atoms with Crippen molar-refractivity contribution in [1.29, 1.82) is 0 Å². The van der Waals surface area contributed by atoms with Gasteiger partial charge in [0.05, 0.1) is 29.2 Å². The van der Waals surface area contributed by atoms with E-state index in [1.54, 1.807) is 0 Å². The number of hydrogen-bond donors (Lipinski definition) is 2. The summed E-state index contributed by atoms with van der Waals surface area (Å²) in [5.41, 5.74) is 0.850. The SMILES string of the molecule is CC1(C)Nc2cc(Cl)c(Br)cc2C2(C)C(C(=O)O)COC12. The standard InChI is InChI=1S/C15H17BrClNO3/c1-14(2)13-15(3,8(6-21-13)12(19)20)7-4-9(16)10(17)5-11(7)18-14/h4-5,8,13,18H,6H2,1-3H3,(H,19,20). The summed E-state index contributed by atoms with van der Waals surface area (Å²) in [5.74, 6) is -1.40. The molecule has 114 valence electrons. The van der Waals surface area contributed by atoms with Crippen molar-refractivity contribution in [2.24, 2.45) is 5.92 Å². The molecule has 1 aromatic carbocycles. The van der Waals surface area contributed by atoms with E-state index in [0.717, 1.165) is 15.7 Å². The molecule has 21 heavy (non-hydrogen) atoms. The molecule has 2 N–H and O–H groups in total. The molecule has 3 atom stereocenters. The summed E-state index contributed by atoms with van der Waals surface area (Å²) < 4.78 is 6.65. The van der Waals surface area contributed by atoms with Crippen molar-refractivity contribution < 1.29 is 14.6 Å². The molecule has 0 spiro atoms. The first-order chi connectivity index (χ1) is 9.68. The molecule has 1 fully saturated rings. The van der Waals surface area contributed by atoms with Gasteiger partial charge in [0, 0.05) is 15.6 Å². The van der Waals surface area contributed by atoms with Gasteiger partial charge in [-0.25, -0.2) is 0 Å². The minimum Gasteiger partial charge on any atom is -0.481 e. The molecule has 1 aromatic rings. The molecule has 3 rings (SSSR count). The fourth-order valence-corrected chi connectivity index (χ4v) is 4.35. The highest BCUT2D eigenvalue weighted by atomic mass is 79.9. The molecule has 2 aliphatic rings. The number of aliphatic carboxylic acids is 1. The molecule has 3 unspecified atom stereocenters. The maximum absolute atomic E-state index is 11.7. The molecule has 0 amide bonds. The van der Waals surface area contributed by atoms with Crippen molar-refractivity contribution >= 4 is 39.2 Å².